The quantitative estimate of drug-likeness (QED) is 0.285. The van der Waals surface area contributed by atoms with Gasteiger partial charge in [-0.15, -0.1) is 5.10 Å². The Balaban J connectivity index is 1.77. The number of nitrogens with zero attached hydrogens (tertiary/aromatic N) is 2. The zero-order chi connectivity index (χ0) is 25.5. The van der Waals surface area contributed by atoms with E-state index in [1.54, 1.807) is 24.3 Å². The number of carboxylic acids is 1. The number of benzene rings is 2. The summed E-state index contributed by atoms with van der Waals surface area (Å²) in [4.78, 5) is 11.2. The van der Waals surface area contributed by atoms with Crippen LogP contribution in [-0.2, 0) is 17.6 Å². The Bertz CT molecular complexity index is 1160. The van der Waals surface area contributed by atoms with Crippen LogP contribution in [0.25, 0.3) is 0 Å². The third-order valence-electron chi connectivity index (χ3n) is 5.37. The maximum atomic E-state index is 11.2. The van der Waals surface area contributed by atoms with E-state index in [2.05, 4.69) is 5.10 Å². The summed E-state index contributed by atoms with van der Waals surface area (Å²) in [5.41, 5.74) is 2.44. The van der Waals surface area contributed by atoms with Gasteiger partial charge in [-0.3, -0.25) is 9.48 Å². The third kappa shape index (κ3) is 7.05. The lowest BCUT2D eigenvalue weighted by molar-refractivity contribution is -0.136. The molecule has 0 saturated heterocycles. The lowest BCUT2D eigenvalue weighted by atomic mass is 10.1. The van der Waals surface area contributed by atoms with Gasteiger partial charge in [-0.2, -0.15) is 0 Å². The predicted octanol–water partition coefficient (Wildman–Crippen LogP) is 6.23. The summed E-state index contributed by atoms with van der Waals surface area (Å²) in [6, 6.07) is 12.5. The van der Waals surface area contributed by atoms with Crippen LogP contribution < -0.4 is 14.2 Å². The minimum Gasteiger partial charge on any atom is -0.493 e. The van der Waals surface area contributed by atoms with Gasteiger partial charge >= 0.3 is 5.97 Å². The number of para-hydroxylation sites is 1. The van der Waals surface area contributed by atoms with Gasteiger partial charge in [0.1, 0.15) is 0 Å². The minimum absolute atomic E-state index is 0.0119. The maximum Gasteiger partial charge on any atom is 0.307 e. The number of hydrogen-bond donors (Lipinski definition) is 1. The average molecular weight is 521 g/mol. The summed E-state index contributed by atoms with van der Waals surface area (Å²) in [6.45, 7) is 6.30. The summed E-state index contributed by atoms with van der Waals surface area (Å²) < 4.78 is 19.1. The molecule has 0 aliphatic carbocycles. The van der Waals surface area contributed by atoms with Crippen molar-refractivity contribution in [1.82, 2.24) is 9.78 Å². The summed E-state index contributed by atoms with van der Waals surface area (Å²) in [5, 5.41) is 15.0. The molecule has 0 aliphatic rings. The van der Waals surface area contributed by atoms with Crippen LogP contribution in [0, 0.1) is 0 Å². The molecule has 0 bridgehead atoms. The van der Waals surface area contributed by atoms with Gasteiger partial charge in [0.2, 0.25) is 5.88 Å². The highest BCUT2D eigenvalue weighted by Gasteiger charge is 2.19. The number of rotatable bonds is 12. The third-order valence-corrected chi connectivity index (χ3v) is 5.93. The molecule has 1 atom stereocenters. The second-order valence-corrected chi connectivity index (χ2v) is 9.24. The topological polar surface area (TPSA) is 82.8 Å². The fraction of sp³-hybridized carbons (Fsp3) is 0.385. The van der Waals surface area contributed by atoms with E-state index >= 15 is 0 Å². The molecule has 9 heteroatoms. The van der Waals surface area contributed by atoms with E-state index in [4.69, 9.17) is 37.4 Å². The molecular weight excluding hydrogens is 491 g/mol. The normalized spacial score (nSPS) is 12.0. The molecule has 0 aliphatic heterocycles. The monoisotopic (exact) mass is 520 g/mol. The molecule has 0 fully saturated rings. The number of carbonyl (C=O) groups is 1. The molecule has 188 valence electrons. The summed E-state index contributed by atoms with van der Waals surface area (Å²) in [6.07, 6.45) is 1.17. The molecule has 1 heterocycles. The van der Waals surface area contributed by atoms with Crippen LogP contribution in [0.1, 0.15) is 50.1 Å². The van der Waals surface area contributed by atoms with Gasteiger partial charge in [0.15, 0.2) is 11.5 Å². The molecule has 1 unspecified atom stereocenters. The Hall–Kier alpha value is -2.90. The fourth-order valence-corrected chi connectivity index (χ4v) is 4.38. The Kier molecular flexibility index (Phi) is 9.29. The molecule has 7 nitrogen and oxygen atoms in total. The first kappa shape index (κ1) is 26.7. The molecule has 0 amide bonds. The van der Waals surface area contributed by atoms with Crippen molar-refractivity contribution in [2.45, 2.75) is 52.2 Å². The van der Waals surface area contributed by atoms with Crippen molar-refractivity contribution in [2.24, 2.45) is 0 Å². The van der Waals surface area contributed by atoms with Crippen LogP contribution >= 0.6 is 23.2 Å². The van der Waals surface area contributed by atoms with Gasteiger partial charge in [-0.25, -0.2) is 0 Å². The second kappa shape index (κ2) is 12.2. The van der Waals surface area contributed by atoms with E-state index in [0.717, 1.165) is 11.3 Å². The zero-order valence-corrected chi connectivity index (χ0v) is 21.8. The number of aryl methyl sites for hydroxylation is 1. The van der Waals surface area contributed by atoms with Crippen LogP contribution in [0.3, 0.4) is 0 Å². The molecule has 1 N–H and O–H groups in total. The Morgan fingerprint density at radius 1 is 1.14 bits per heavy atom. The Morgan fingerprint density at radius 3 is 2.57 bits per heavy atom. The SMILES string of the molecule is COc1cccc(CC(=O)O)c1OCCCc1cc(OC(C)C)nn1C(C)c1ccc(Cl)cc1Cl. The van der Waals surface area contributed by atoms with Crippen LogP contribution in [-0.4, -0.2) is 40.7 Å². The lowest BCUT2D eigenvalue weighted by Gasteiger charge is -2.18. The van der Waals surface area contributed by atoms with E-state index in [1.165, 1.54) is 7.11 Å². The van der Waals surface area contributed by atoms with Crippen molar-refractivity contribution < 1.29 is 24.1 Å². The Morgan fingerprint density at radius 2 is 1.91 bits per heavy atom. The van der Waals surface area contributed by atoms with Gasteiger partial charge in [-0.05, 0) is 57.4 Å². The molecule has 3 rings (SSSR count). The largest absolute Gasteiger partial charge is 0.493 e. The van der Waals surface area contributed by atoms with E-state index in [9.17, 15) is 9.90 Å². The van der Waals surface area contributed by atoms with Crippen LogP contribution in [0.2, 0.25) is 10.0 Å². The first-order valence-corrected chi connectivity index (χ1v) is 12.2. The van der Waals surface area contributed by atoms with Gasteiger partial charge in [-0.1, -0.05) is 41.4 Å². The average Bonchev–Trinajstić information content (AvgIpc) is 3.18. The van der Waals surface area contributed by atoms with Gasteiger partial charge in [0.05, 0.1) is 32.3 Å². The first-order valence-electron chi connectivity index (χ1n) is 11.4. The number of halogens is 2. The number of ether oxygens (including phenoxy) is 3. The zero-order valence-electron chi connectivity index (χ0n) is 20.3. The van der Waals surface area contributed by atoms with Crippen LogP contribution in [0.15, 0.2) is 42.5 Å². The maximum absolute atomic E-state index is 11.2. The molecular formula is C26H30Cl2N2O5. The van der Waals surface area contributed by atoms with Crippen LogP contribution in [0.5, 0.6) is 17.4 Å². The molecule has 0 spiro atoms. The van der Waals surface area contributed by atoms with Crippen molar-refractivity contribution >= 4 is 29.2 Å². The molecule has 2 aromatic carbocycles. The minimum atomic E-state index is -0.931. The highest BCUT2D eigenvalue weighted by Crippen LogP contribution is 2.33. The standard InChI is InChI=1S/C26H30Cl2N2O5/c1-16(2)35-24-15-20(30(29-24)17(3)21-11-10-19(27)14-22(21)28)8-6-12-34-26-18(13-25(31)32)7-5-9-23(26)33-4/h5,7,9-11,14-17H,6,8,12-13H2,1-4H3,(H,31,32). The molecule has 35 heavy (non-hydrogen) atoms. The van der Waals surface area contributed by atoms with Crippen LogP contribution in [0.4, 0.5) is 0 Å². The highest BCUT2D eigenvalue weighted by molar-refractivity contribution is 6.35. The van der Waals surface area contributed by atoms with Crippen molar-refractivity contribution in [3.05, 3.63) is 69.3 Å². The summed E-state index contributed by atoms with van der Waals surface area (Å²) >= 11 is 12.5. The lowest BCUT2D eigenvalue weighted by Crippen LogP contribution is -2.14. The predicted molar refractivity (Wildman–Crippen MR) is 136 cm³/mol. The fourth-order valence-electron chi connectivity index (χ4n) is 3.82. The van der Waals surface area contributed by atoms with Crippen molar-refractivity contribution in [3.8, 4) is 17.4 Å². The van der Waals surface area contributed by atoms with Crippen molar-refractivity contribution in [2.75, 3.05) is 13.7 Å². The Labute approximate surface area is 215 Å². The van der Waals surface area contributed by atoms with Gasteiger partial charge in [0.25, 0.3) is 0 Å². The van der Waals surface area contributed by atoms with Crippen molar-refractivity contribution in [3.63, 3.8) is 0 Å². The first-order chi connectivity index (χ1) is 16.7. The summed E-state index contributed by atoms with van der Waals surface area (Å²) in [5.74, 6) is 0.573. The van der Waals surface area contributed by atoms with E-state index < -0.39 is 5.97 Å². The summed E-state index contributed by atoms with van der Waals surface area (Å²) in [7, 11) is 1.53. The van der Waals surface area contributed by atoms with Gasteiger partial charge in [0, 0.05) is 27.4 Å². The molecule has 1 aromatic heterocycles. The van der Waals surface area contributed by atoms with E-state index in [-0.39, 0.29) is 18.6 Å². The molecule has 3 aromatic rings. The van der Waals surface area contributed by atoms with Crippen molar-refractivity contribution in [1.29, 1.82) is 0 Å². The molecule has 0 radical (unpaired) electrons. The van der Waals surface area contributed by atoms with Gasteiger partial charge < -0.3 is 19.3 Å². The number of aliphatic carboxylic acids is 1. The van der Waals surface area contributed by atoms with E-state index in [0.29, 0.717) is 52.4 Å². The number of carboxylic acid groups (broad SMARTS) is 1. The smallest absolute Gasteiger partial charge is 0.307 e. The second-order valence-electron chi connectivity index (χ2n) is 8.40. The van der Waals surface area contributed by atoms with E-state index in [1.807, 2.05) is 43.7 Å². The number of hydrogen-bond acceptors (Lipinski definition) is 5. The number of methoxy groups -OCH3 is 1. The highest BCUT2D eigenvalue weighted by atomic mass is 35.5. The number of aromatic nitrogens is 2. The molecule has 0 saturated carbocycles.